The fraction of sp³-hybridized carbons (Fsp3) is 0.174. The second-order valence-electron chi connectivity index (χ2n) is 6.90. The number of hydrogen-bond acceptors (Lipinski definition) is 2. The molecule has 3 aromatic rings. The zero-order chi connectivity index (χ0) is 22.7. The van der Waals surface area contributed by atoms with Gasteiger partial charge in [0.05, 0.1) is 6.16 Å². The molecule has 4 N–H and O–H groups in total. The van der Waals surface area contributed by atoms with Crippen molar-refractivity contribution in [3.8, 4) is 0 Å². The highest BCUT2D eigenvalue weighted by Crippen LogP contribution is 2.55. The van der Waals surface area contributed by atoms with Crippen LogP contribution in [0.25, 0.3) is 0 Å². The molecular formula is C23H27O6P2+. The van der Waals surface area contributed by atoms with Crippen LogP contribution < -0.4 is 15.9 Å². The monoisotopic (exact) mass is 461 g/mol. The Hall–Kier alpha value is -2.33. The average Bonchev–Trinajstić information content (AvgIpc) is 2.75. The summed E-state index contributed by atoms with van der Waals surface area (Å²) in [4.78, 5) is 32.5. The minimum atomic E-state index is -4.64. The van der Waals surface area contributed by atoms with E-state index in [2.05, 4.69) is 91.0 Å². The van der Waals surface area contributed by atoms with Crippen LogP contribution in [-0.4, -0.2) is 31.9 Å². The molecule has 6 nitrogen and oxygen atoms in total. The van der Waals surface area contributed by atoms with Crippen molar-refractivity contribution in [1.82, 2.24) is 0 Å². The molecule has 0 radical (unpaired) electrons. The van der Waals surface area contributed by atoms with Crippen LogP contribution in [0.3, 0.4) is 0 Å². The van der Waals surface area contributed by atoms with Crippen molar-refractivity contribution in [2.45, 2.75) is 19.3 Å². The van der Waals surface area contributed by atoms with Gasteiger partial charge in [-0.1, -0.05) is 54.6 Å². The number of phosphoric acid groups is 1. The maximum atomic E-state index is 10.9. The first kappa shape index (κ1) is 24.9. The van der Waals surface area contributed by atoms with Crippen molar-refractivity contribution in [3.63, 3.8) is 0 Å². The largest absolute Gasteiger partial charge is 0.481 e. The van der Waals surface area contributed by atoms with Gasteiger partial charge in [-0.05, 0) is 49.2 Å². The first-order valence-corrected chi connectivity index (χ1v) is 13.3. The van der Waals surface area contributed by atoms with Crippen molar-refractivity contribution in [2.75, 3.05) is 6.16 Å². The summed E-state index contributed by atoms with van der Waals surface area (Å²) < 4.78 is 8.88. The molecule has 3 aromatic carbocycles. The summed E-state index contributed by atoms with van der Waals surface area (Å²) in [5.74, 6) is -0.715. The van der Waals surface area contributed by atoms with Gasteiger partial charge in [0, 0.05) is 6.42 Å². The number of benzene rings is 3. The molecule has 3 rings (SSSR count). The van der Waals surface area contributed by atoms with E-state index in [1.165, 1.54) is 15.9 Å². The van der Waals surface area contributed by atoms with Crippen molar-refractivity contribution in [3.05, 3.63) is 91.0 Å². The molecule has 0 atom stereocenters. The van der Waals surface area contributed by atoms with Gasteiger partial charge in [-0.15, -0.1) is 0 Å². The van der Waals surface area contributed by atoms with Crippen LogP contribution >= 0.6 is 15.1 Å². The van der Waals surface area contributed by atoms with Gasteiger partial charge in [0.1, 0.15) is 23.2 Å². The minimum absolute atomic E-state index is 0.234. The highest BCUT2D eigenvalue weighted by atomic mass is 31.2. The summed E-state index contributed by atoms with van der Waals surface area (Å²) in [6, 6.07) is 32.2. The Kier molecular flexibility index (Phi) is 9.57. The summed E-state index contributed by atoms with van der Waals surface area (Å²) in [5, 5.41) is 13.1. The summed E-state index contributed by atoms with van der Waals surface area (Å²) in [7, 11) is -6.45. The van der Waals surface area contributed by atoms with Crippen molar-refractivity contribution < 1.29 is 29.1 Å². The predicted molar refractivity (Wildman–Crippen MR) is 126 cm³/mol. The predicted octanol–water partition coefficient (Wildman–Crippen LogP) is 3.31. The number of carbonyl (C=O) groups is 1. The first-order valence-electron chi connectivity index (χ1n) is 9.78. The lowest BCUT2D eigenvalue weighted by atomic mass is 10.2. The van der Waals surface area contributed by atoms with Gasteiger partial charge in [-0.3, -0.25) is 4.79 Å². The zero-order valence-electron chi connectivity index (χ0n) is 17.0. The van der Waals surface area contributed by atoms with Crippen LogP contribution in [0, 0.1) is 0 Å². The van der Waals surface area contributed by atoms with E-state index in [1.807, 2.05) is 0 Å². The van der Waals surface area contributed by atoms with Crippen LogP contribution in [0.4, 0.5) is 0 Å². The fourth-order valence-electron chi connectivity index (χ4n) is 3.51. The minimum Gasteiger partial charge on any atom is -0.481 e. The molecule has 0 heterocycles. The molecule has 8 heteroatoms. The third-order valence-electron chi connectivity index (χ3n) is 4.73. The van der Waals surface area contributed by atoms with Crippen molar-refractivity contribution in [1.29, 1.82) is 0 Å². The van der Waals surface area contributed by atoms with E-state index >= 15 is 0 Å². The smallest absolute Gasteiger partial charge is 0.466 e. The van der Waals surface area contributed by atoms with E-state index in [0.29, 0.717) is 6.42 Å². The van der Waals surface area contributed by atoms with E-state index in [4.69, 9.17) is 24.4 Å². The number of carboxylic acids is 1. The SMILES string of the molecule is O=C(O)CCCC[P+](c1ccccc1)(c1ccccc1)c1ccccc1.O=P(O)(O)O. The lowest BCUT2D eigenvalue weighted by molar-refractivity contribution is -0.137. The third kappa shape index (κ3) is 8.02. The molecule has 0 aliphatic heterocycles. The van der Waals surface area contributed by atoms with Crippen LogP contribution in [0.2, 0.25) is 0 Å². The van der Waals surface area contributed by atoms with Crippen LogP contribution in [-0.2, 0) is 9.36 Å². The van der Waals surface area contributed by atoms with Gasteiger partial charge in [0.15, 0.2) is 0 Å². The molecule has 31 heavy (non-hydrogen) atoms. The summed E-state index contributed by atoms with van der Waals surface area (Å²) in [5.41, 5.74) is 0. The highest BCUT2D eigenvalue weighted by Gasteiger charge is 2.44. The lowest BCUT2D eigenvalue weighted by Gasteiger charge is -2.27. The second-order valence-corrected chi connectivity index (χ2v) is 11.5. The summed E-state index contributed by atoms with van der Waals surface area (Å²) in [6.45, 7) is 0. The molecular weight excluding hydrogens is 434 g/mol. The number of carboxylic acid groups (broad SMARTS) is 1. The molecule has 0 aliphatic carbocycles. The average molecular weight is 461 g/mol. The van der Waals surface area contributed by atoms with Gasteiger partial charge in [0.2, 0.25) is 0 Å². The normalized spacial score (nSPS) is 11.3. The van der Waals surface area contributed by atoms with Gasteiger partial charge in [0.25, 0.3) is 0 Å². The number of aliphatic carboxylic acids is 1. The third-order valence-corrected chi connectivity index (χ3v) is 9.25. The molecule has 0 bridgehead atoms. The second kappa shape index (κ2) is 11.9. The maximum Gasteiger partial charge on any atom is 0.466 e. The molecule has 0 fully saturated rings. The Balaban J connectivity index is 0.000000614. The topological polar surface area (TPSA) is 115 Å². The van der Waals surface area contributed by atoms with Gasteiger partial charge >= 0.3 is 13.8 Å². The van der Waals surface area contributed by atoms with Gasteiger partial charge in [-0.25, -0.2) is 4.57 Å². The molecule has 0 unspecified atom stereocenters. The van der Waals surface area contributed by atoms with Crippen LogP contribution in [0.1, 0.15) is 19.3 Å². The van der Waals surface area contributed by atoms with Crippen molar-refractivity contribution >= 4 is 37.0 Å². The maximum absolute atomic E-state index is 10.9. The molecule has 0 saturated heterocycles. The van der Waals surface area contributed by atoms with E-state index in [-0.39, 0.29) is 6.42 Å². The summed E-state index contributed by atoms with van der Waals surface area (Å²) >= 11 is 0. The van der Waals surface area contributed by atoms with Gasteiger partial charge < -0.3 is 19.8 Å². The summed E-state index contributed by atoms with van der Waals surface area (Å²) in [6.07, 6.45) is 2.83. The molecule has 0 amide bonds. The molecule has 0 spiro atoms. The van der Waals surface area contributed by atoms with Crippen molar-refractivity contribution in [2.24, 2.45) is 0 Å². The van der Waals surface area contributed by atoms with Gasteiger partial charge in [-0.2, -0.15) is 0 Å². The fourth-order valence-corrected chi connectivity index (χ4v) is 7.92. The molecule has 0 aliphatic rings. The Morgan fingerprint density at radius 1 is 0.677 bits per heavy atom. The molecule has 0 saturated carbocycles. The molecule has 0 aromatic heterocycles. The van der Waals surface area contributed by atoms with E-state index < -0.39 is 21.1 Å². The van der Waals surface area contributed by atoms with E-state index in [1.54, 1.807) is 0 Å². The zero-order valence-corrected chi connectivity index (χ0v) is 18.8. The Bertz CT molecular complexity index is 870. The van der Waals surface area contributed by atoms with Crippen LogP contribution in [0.5, 0.6) is 0 Å². The van der Waals surface area contributed by atoms with E-state index in [9.17, 15) is 4.79 Å². The number of hydrogen-bond donors (Lipinski definition) is 4. The van der Waals surface area contributed by atoms with Crippen LogP contribution in [0.15, 0.2) is 91.0 Å². The lowest BCUT2D eigenvalue weighted by Crippen LogP contribution is -2.33. The Labute approximate surface area is 182 Å². The quantitative estimate of drug-likeness (QED) is 0.302. The van der Waals surface area contributed by atoms with E-state index in [0.717, 1.165) is 12.6 Å². The number of unbranched alkanes of at least 4 members (excludes halogenated alkanes) is 1. The molecule has 164 valence electrons. The highest BCUT2D eigenvalue weighted by molar-refractivity contribution is 7.95. The Morgan fingerprint density at radius 3 is 1.29 bits per heavy atom. The standard InChI is InChI=1S/C23H23O2P.H3O4P/c24-23(25)18-10-11-19-26(20-12-4-1-5-13-20,21-14-6-2-7-15-21)22-16-8-3-9-17-22;1-5(2,3)4/h1-9,12-17H,10-11,18-19H2;(H3,1,2,3,4)/p+1. The number of rotatable bonds is 8. The Morgan fingerprint density at radius 2 is 1.00 bits per heavy atom. The first-order chi connectivity index (χ1) is 14.7.